The van der Waals surface area contributed by atoms with Crippen LogP contribution in [0.3, 0.4) is 0 Å². The first-order chi connectivity index (χ1) is 10.1. The Balaban J connectivity index is 1.44. The Bertz CT molecular complexity index is 574. The Kier molecular flexibility index (Phi) is 4.10. The molecular weight excluding hydrogens is 262 g/mol. The number of aromatic nitrogens is 4. The van der Waals surface area contributed by atoms with Gasteiger partial charge in [-0.2, -0.15) is 10.2 Å². The summed E-state index contributed by atoms with van der Waals surface area (Å²) in [6, 6.07) is 2.23. The Hall–Kier alpha value is -1.62. The van der Waals surface area contributed by atoms with Crippen molar-refractivity contribution in [1.82, 2.24) is 25.3 Å². The Morgan fingerprint density at radius 3 is 2.71 bits per heavy atom. The van der Waals surface area contributed by atoms with Crippen LogP contribution in [-0.2, 0) is 13.0 Å². The molecule has 0 radical (unpaired) electrons. The molecule has 0 amide bonds. The van der Waals surface area contributed by atoms with Gasteiger partial charge < -0.3 is 4.90 Å². The van der Waals surface area contributed by atoms with Crippen LogP contribution in [0.2, 0.25) is 0 Å². The van der Waals surface area contributed by atoms with Crippen molar-refractivity contribution in [2.45, 2.75) is 52.0 Å². The standard InChI is InChI=1S/C16H25N5/c1-11-15(12(2)18-17-11)5-4-8-21(3)10-14-9-16(20-19-14)13-6-7-13/h9,13H,4-8,10H2,1-3H3,(H,17,18)(H,19,20). The summed E-state index contributed by atoms with van der Waals surface area (Å²) >= 11 is 0. The fraction of sp³-hybridized carbons (Fsp3) is 0.625. The number of aromatic amines is 2. The van der Waals surface area contributed by atoms with Crippen LogP contribution >= 0.6 is 0 Å². The first-order valence-corrected chi connectivity index (χ1v) is 7.86. The van der Waals surface area contributed by atoms with Gasteiger partial charge in [-0.3, -0.25) is 10.2 Å². The molecule has 114 valence electrons. The minimum atomic E-state index is 0.729. The number of hydrogen-bond donors (Lipinski definition) is 2. The van der Waals surface area contributed by atoms with E-state index in [1.54, 1.807) is 0 Å². The molecule has 1 aliphatic rings. The average molecular weight is 287 g/mol. The zero-order chi connectivity index (χ0) is 14.8. The normalized spacial score (nSPS) is 15.0. The van der Waals surface area contributed by atoms with Crippen molar-refractivity contribution in [2.24, 2.45) is 0 Å². The van der Waals surface area contributed by atoms with E-state index in [2.05, 4.69) is 52.3 Å². The van der Waals surface area contributed by atoms with E-state index in [1.807, 2.05) is 0 Å². The maximum absolute atomic E-state index is 4.41. The van der Waals surface area contributed by atoms with E-state index >= 15 is 0 Å². The molecule has 3 rings (SSSR count). The van der Waals surface area contributed by atoms with Crippen LogP contribution in [0.25, 0.3) is 0 Å². The molecule has 1 fully saturated rings. The molecule has 0 aliphatic heterocycles. The third-order valence-electron chi connectivity index (χ3n) is 4.33. The largest absolute Gasteiger partial charge is 0.301 e. The van der Waals surface area contributed by atoms with Gasteiger partial charge in [0, 0.05) is 23.9 Å². The highest BCUT2D eigenvalue weighted by Gasteiger charge is 2.26. The van der Waals surface area contributed by atoms with E-state index in [9.17, 15) is 0 Å². The lowest BCUT2D eigenvalue weighted by molar-refractivity contribution is 0.318. The SMILES string of the molecule is Cc1n[nH]c(C)c1CCCN(C)Cc1cc(C2CC2)n[nH]1. The highest BCUT2D eigenvalue weighted by atomic mass is 15.2. The Labute approximate surface area is 126 Å². The molecule has 0 aromatic carbocycles. The molecule has 0 unspecified atom stereocenters. The highest BCUT2D eigenvalue weighted by Crippen LogP contribution is 2.39. The molecule has 0 spiro atoms. The predicted octanol–water partition coefficient (Wildman–Crippen LogP) is 2.69. The van der Waals surface area contributed by atoms with Gasteiger partial charge in [0.05, 0.1) is 11.4 Å². The number of rotatable bonds is 7. The summed E-state index contributed by atoms with van der Waals surface area (Å²) in [5, 5.41) is 14.9. The number of H-pyrrole nitrogens is 2. The van der Waals surface area contributed by atoms with E-state index < -0.39 is 0 Å². The third-order valence-corrected chi connectivity index (χ3v) is 4.33. The minimum Gasteiger partial charge on any atom is -0.301 e. The molecule has 5 heteroatoms. The zero-order valence-corrected chi connectivity index (χ0v) is 13.2. The van der Waals surface area contributed by atoms with Crippen LogP contribution in [-0.4, -0.2) is 38.9 Å². The maximum atomic E-state index is 4.41. The van der Waals surface area contributed by atoms with Crippen molar-refractivity contribution in [2.75, 3.05) is 13.6 Å². The lowest BCUT2D eigenvalue weighted by Gasteiger charge is -2.15. The predicted molar refractivity (Wildman–Crippen MR) is 83.3 cm³/mol. The van der Waals surface area contributed by atoms with Gasteiger partial charge in [-0.1, -0.05) is 0 Å². The molecular formula is C16H25N5. The van der Waals surface area contributed by atoms with Gasteiger partial charge in [0.2, 0.25) is 0 Å². The smallest absolute Gasteiger partial charge is 0.0656 e. The topological polar surface area (TPSA) is 60.6 Å². The molecule has 0 bridgehead atoms. The number of nitrogens with one attached hydrogen (secondary N) is 2. The number of nitrogens with zero attached hydrogens (tertiary/aromatic N) is 3. The molecule has 5 nitrogen and oxygen atoms in total. The molecule has 1 saturated carbocycles. The summed E-state index contributed by atoms with van der Waals surface area (Å²) in [5.41, 5.74) is 6.20. The van der Waals surface area contributed by atoms with Crippen LogP contribution in [0, 0.1) is 13.8 Å². The Morgan fingerprint density at radius 1 is 1.24 bits per heavy atom. The van der Waals surface area contributed by atoms with Crippen LogP contribution in [0.4, 0.5) is 0 Å². The van der Waals surface area contributed by atoms with Gasteiger partial charge in [-0.25, -0.2) is 0 Å². The van der Waals surface area contributed by atoms with Gasteiger partial charge in [-0.15, -0.1) is 0 Å². The Morgan fingerprint density at radius 2 is 2.05 bits per heavy atom. The monoisotopic (exact) mass is 287 g/mol. The number of hydrogen-bond acceptors (Lipinski definition) is 3. The van der Waals surface area contributed by atoms with Crippen molar-refractivity contribution in [3.8, 4) is 0 Å². The van der Waals surface area contributed by atoms with E-state index in [-0.39, 0.29) is 0 Å². The van der Waals surface area contributed by atoms with Crippen LogP contribution in [0.1, 0.15) is 53.5 Å². The number of aryl methyl sites for hydroxylation is 2. The van der Waals surface area contributed by atoms with Crippen molar-refractivity contribution < 1.29 is 0 Å². The summed E-state index contributed by atoms with van der Waals surface area (Å²) in [7, 11) is 2.17. The molecule has 1 aliphatic carbocycles. The second kappa shape index (κ2) is 6.02. The second-order valence-electron chi connectivity index (χ2n) is 6.35. The molecule has 0 saturated heterocycles. The van der Waals surface area contributed by atoms with Crippen LogP contribution < -0.4 is 0 Å². The summed E-state index contributed by atoms with van der Waals surface area (Å²) in [6.45, 7) is 6.21. The van der Waals surface area contributed by atoms with Crippen LogP contribution in [0.15, 0.2) is 6.07 Å². The zero-order valence-electron chi connectivity index (χ0n) is 13.2. The lowest BCUT2D eigenvalue weighted by Crippen LogP contribution is -2.20. The van der Waals surface area contributed by atoms with Crippen molar-refractivity contribution in [3.63, 3.8) is 0 Å². The molecule has 0 atom stereocenters. The van der Waals surface area contributed by atoms with Gasteiger partial charge >= 0.3 is 0 Å². The molecule has 2 heterocycles. The third kappa shape index (κ3) is 3.53. The van der Waals surface area contributed by atoms with Crippen molar-refractivity contribution in [3.05, 3.63) is 34.4 Å². The lowest BCUT2D eigenvalue weighted by atomic mass is 10.1. The molecule has 2 aromatic heterocycles. The highest BCUT2D eigenvalue weighted by molar-refractivity contribution is 5.23. The fourth-order valence-electron chi connectivity index (χ4n) is 2.89. The van der Waals surface area contributed by atoms with Gasteiger partial charge in [0.1, 0.15) is 0 Å². The van der Waals surface area contributed by atoms with Gasteiger partial charge in [-0.05, 0) is 64.8 Å². The fourth-order valence-corrected chi connectivity index (χ4v) is 2.89. The minimum absolute atomic E-state index is 0.729. The molecule has 2 aromatic rings. The van der Waals surface area contributed by atoms with Gasteiger partial charge in [0.25, 0.3) is 0 Å². The first-order valence-electron chi connectivity index (χ1n) is 7.86. The van der Waals surface area contributed by atoms with E-state index in [0.29, 0.717) is 0 Å². The summed E-state index contributed by atoms with van der Waals surface area (Å²) in [5.74, 6) is 0.729. The van der Waals surface area contributed by atoms with Crippen molar-refractivity contribution >= 4 is 0 Å². The van der Waals surface area contributed by atoms with E-state index in [1.165, 1.54) is 35.5 Å². The molecule has 21 heavy (non-hydrogen) atoms. The average Bonchev–Trinajstić information content (AvgIpc) is 3.13. The first kappa shape index (κ1) is 14.3. The summed E-state index contributed by atoms with van der Waals surface area (Å²) < 4.78 is 0. The quantitative estimate of drug-likeness (QED) is 0.823. The molecule has 2 N–H and O–H groups in total. The summed E-state index contributed by atoms with van der Waals surface area (Å²) in [4.78, 5) is 2.36. The van der Waals surface area contributed by atoms with Gasteiger partial charge in [0.15, 0.2) is 0 Å². The van der Waals surface area contributed by atoms with E-state index in [0.717, 1.165) is 37.5 Å². The second-order valence-corrected chi connectivity index (χ2v) is 6.35. The van der Waals surface area contributed by atoms with E-state index in [4.69, 9.17) is 0 Å². The summed E-state index contributed by atoms with van der Waals surface area (Å²) in [6.07, 6.45) is 4.86. The van der Waals surface area contributed by atoms with Crippen LogP contribution in [0.5, 0.6) is 0 Å². The van der Waals surface area contributed by atoms with Crippen molar-refractivity contribution in [1.29, 1.82) is 0 Å². The maximum Gasteiger partial charge on any atom is 0.0656 e.